The number of aryl methyl sites for hydroxylation is 1. The molecule has 38 heavy (non-hydrogen) atoms. The molecule has 0 aromatic carbocycles. The number of hydrogen-bond acceptors (Lipinski definition) is 10. The molecule has 2 aromatic heterocycles. The maximum absolute atomic E-state index is 13.2. The number of nitrogens with two attached hydrogens (primary N) is 1. The zero-order valence-corrected chi connectivity index (χ0v) is 20.9. The maximum atomic E-state index is 13.2. The molecule has 0 bridgehead atoms. The van der Waals surface area contributed by atoms with Gasteiger partial charge in [-0.1, -0.05) is 5.16 Å². The Hall–Kier alpha value is -4.59. The molecule has 2 atom stereocenters. The van der Waals surface area contributed by atoms with E-state index in [2.05, 4.69) is 20.8 Å². The Balaban J connectivity index is 1.50. The number of thiazole rings is 1. The average molecular weight is 538 g/mol. The topological polar surface area (TPSA) is 194 Å². The summed E-state index contributed by atoms with van der Waals surface area (Å²) in [5, 5.41) is 31.6. The van der Waals surface area contributed by atoms with E-state index in [1.54, 1.807) is 22.9 Å². The van der Waals surface area contributed by atoms with E-state index in [9.17, 15) is 29.5 Å². The molecule has 3 aliphatic heterocycles. The van der Waals surface area contributed by atoms with E-state index in [0.717, 1.165) is 16.2 Å². The minimum Gasteiger partial charge on any atom is -0.543 e. The second kappa shape index (κ2) is 9.70. The van der Waals surface area contributed by atoms with Crippen molar-refractivity contribution in [2.45, 2.75) is 31.3 Å². The van der Waals surface area contributed by atoms with Gasteiger partial charge >= 0.3 is 0 Å². The van der Waals surface area contributed by atoms with Crippen molar-refractivity contribution in [3.63, 3.8) is 0 Å². The summed E-state index contributed by atoms with van der Waals surface area (Å²) in [4.78, 5) is 56.1. The molecule has 2 fully saturated rings. The van der Waals surface area contributed by atoms with Gasteiger partial charge in [-0.15, -0.1) is 11.3 Å². The largest absolute Gasteiger partial charge is 0.543 e. The number of carbonyl (C=O) groups excluding carboxylic acids is 4. The van der Waals surface area contributed by atoms with Gasteiger partial charge in [-0.05, 0) is 30.9 Å². The monoisotopic (exact) mass is 537 g/mol. The Morgan fingerprint density at radius 3 is 2.76 bits per heavy atom. The molecule has 3 aliphatic rings. The number of hydrogen-bond donors (Lipinski definition) is 4. The molecule has 0 spiro atoms. The lowest BCUT2D eigenvalue weighted by Gasteiger charge is -2.51. The highest BCUT2D eigenvalue weighted by atomic mass is 32.1. The predicted octanol–water partition coefficient (Wildman–Crippen LogP) is -1.80. The molecule has 5 heterocycles. The quantitative estimate of drug-likeness (QED) is 0.0827. The number of oxime groups is 1. The van der Waals surface area contributed by atoms with Crippen molar-refractivity contribution in [3.8, 4) is 0 Å². The lowest BCUT2D eigenvalue weighted by atomic mass is 9.79. The first-order valence-corrected chi connectivity index (χ1v) is 12.6. The molecular formula is C24H23N7O6S. The molecule has 5 N–H and O–H groups in total. The molecule has 0 radical (unpaired) electrons. The Morgan fingerprint density at radius 2 is 2.16 bits per heavy atom. The van der Waals surface area contributed by atoms with E-state index in [1.807, 2.05) is 13.2 Å². The van der Waals surface area contributed by atoms with E-state index in [4.69, 9.17) is 5.73 Å². The average Bonchev–Trinajstić information content (AvgIpc) is 3.50. The second-order valence-corrected chi connectivity index (χ2v) is 9.91. The number of carboxylic acids is 1. The molecule has 0 unspecified atom stereocenters. The van der Waals surface area contributed by atoms with E-state index in [0.29, 0.717) is 41.7 Å². The molecule has 2 saturated heterocycles. The van der Waals surface area contributed by atoms with Crippen molar-refractivity contribution in [1.29, 1.82) is 0 Å². The number of pyridine rings is 1. The van der Waals surface area contributed by atoms with Crippen molar-refractivity contribution in [2.75, 3.05) is 12.3 Å². The normalized spacial score (nSPS) is 22.6. The summed E-state index contributed by atoms with van der Waals surface area (Å²) in [5.74, 6) is -3.37. The van der Waals surface area contributed by atoms with Gasteiger partial charge in [-0.3, -0.25) is 14.4 Å². The molecule has 14 heteroatoms. The van der Waals surface area contributed by atoms with Crippen LogP contribution in [0.25, 0.3) is 5.57 Å². The first-order valence-electron chi connectivity index (χ1n) is 11.7. The highest BCUT2D eigenvalue weighted by molar-refractivity contribution is 7.13. The van der Waals surface area contributed by atoms with Gasteiger partial charge in [-0.2, -0.15) is 0 Å². The van der Waals surface area contributed by atoms with Gasteiger partial charge in [0.05, 0.1) is 17.7 Å². The number of β-lactam (4-membered cyclic amide) rings is 1. The first-order chi connectivity index (χ1) is 18.2. The zero-order valence-electron chi connectivity index (χ0n) is 20.1. The lowest BCUT2D eigenvalue weighted by molar-refractivity contribution is -0.671. The summed E-state index contributed by atoms with van der Waals surface area (Å²) in [5.41, 5.74) is 6.74. The third-order valence-corrected chi connectivity index (χ3v) is 7.44. The number of nitrogens with one attached hydrogen (secondary N) is 2. The Labute approximate surface area is 220 Å². The van der Waals surface area contributed by atoms with E-state index in [1.165, 1.54) is 5.38 Å². The van der Waals surface area contributed by atoms with Crippen LogP contribution in [-0.2, 0) is 26.2 Å². The van der Waals surface area contributed by atoms with Crippen LogP contribution >= 0.6 is 11.3 Å². The second-order valence-electron chi connectivity index (χ2n) is 9.02. The van der Waals surface area contributed by atoms with Gasteiger partial charge in [0.15, 0.2) is 23.2 Å². The van der Waals surface area contributed by atoms with Crippen LogP contribution < -0.4 is 26.0 Å². The van der Waals surface area contributed by atoms with Crippen molar-refractivity contribution in [1.82, 2.24) is 20.5 Å². The van der Waals surface area contributed by atoms with Gasteiger partial charge < -0.3 is 36.4 Å². The van der Waals surface area contributed by atoms with Gasteiger partial charge in [0.25, 0.3) is 11.8 Å². The summed E-state index contributed by atoms with van der Waals surface area (Å²) in [6, 6.07) is 1.84. The highest BCUT2D eigenvalue weighted by Gasteiger charge is 2.53. The number of anilines is 1. The summed E-state index contributed by atoms with van der Waals surface area (Å²) < 4.78 is 1.78. The van der Waals surface area contributed by atoms with Crippen LogP contribution in [0.4, 0.5) is 5.13 Å². The smallest absolute Gasteiger partial charge is 0.276 e. The fraction of sp³-hybridized carbons (Fsp3) is 0.292. The molecule has 0 saturated carbocycles. The number of aromatic nitrogens is 2. The number of nitrogen functional groups attached to an aromatic ring is 1. The number of carbonyl (C=O) groups is 4. The minimum atomic E-state index is -1.56. The van der Waals surface area contributed by atoms with Crippen LogP contribution in [-0.4, -0.2) is 63.1 Å². The summed E-state index contributed by atoms with van der Waals surface area (Å²) in [6.07, 6.45) is 4.52. The number of carboxylic acid groups (broad SMARTS) is 1. The Kier molecular flexibility index (Phi) is 6.40. The molecule has 3 amide bonds. The molecule has 13 nitrogen and oxygen atoms in total. The summed E-state index contributed by atoms with van der Waals surface area (Å²) >= 11 is 1.05. The fourth-order valence-corrected chi connectivity index (χ4v) is 5.69. The standard InChI is InChI=1S/C24H23N7O6S/c1-30-8-2-3-11(9-30)16(13-6-7-26-20(13)32)12-4-5-15-18(22(34)31(15)19(12)23(35)36)28-21(33)17(29-37)14-10-38-24(25)27-14/h2-3,8-10,15,18H,4-7H2,1H3,(H5-,25,26,27,28,32,33,35,36,37)/t15-,18+/m1/s1. The Morgan fingerprint density at radius 1 is 1.37 bits per heavy atom. The van der Waals surface area contributed by atoms with Gasteiger partial charge in [0.2, 0.25) is 5.91 Å². The Bertz CT molecular complexity index is 1480. The minimum absolute atomic E-state index is 0.0412. The van der Waals surface area contributed by atoms with Crippen LogP contribution in [0.5, 0.6) is 0 Å². The van der Waals surface area contributed by atoms with Crippen molar-refractivity contribution in [2.24, 2.45) is 12.2 Å². The van der Waals surface area contributed by atoms with Crippen LogP contribution in [0.1, 0.15) is 30.5 Å². The van der Waals surface area contributed by atoms with Crippen LogP contribution in [0.15, 0.2) is 51.9 Å². The van der Waals surface area contributed by atoms with E-state index < -0.39 is 35.6 Å². The third kappa shape index (κ3) is 4.18. The number of amides is 3. The fourth-order valence-electron chi connectivity index (χ4n) is 5.14. The summed E-state index contributed by atoms with van der Waals surface area (Å²) in [7, 11) is 1.81. The molecular weight excluding hydrogens is 514 g/mol. The molecule has 2 aromatic rings. The van der Waals surface area contributed by atoms with Crippen molar-refractivity contribution >= 4 is 51.4 Å². The van der Waals surface area contributed by atoms with Gasteiger partial charge in [0.1, 0.15) is 18.8 Å². The number of aliphatic carboxylic acids is 1. The molecule has 0 aliphatic carbocycles. The number of fused-ring (bicyclic) bond motifs is 1. The third-order valence-electron chi connectivity index (χ3n) is 6.76. The number of allylic oxidation sites excluding steroid dienone is 2. The summed E-state index contributed by atoms with van der Waals surface area (Å²) in [6.45, 7) is 0.420. The number of rotatable bonds is 6. The molecule has 196 valence electrons. The van der Waals surface area contributed by atoms with Crippen molar-refractivity contribution < 1.29 is 34.1 Å². The first kappa shape index (κ1) is 25.1. The number of nitrogens with zero attached hydrogens (tertiary/aromatic N) is 4. The lowest BCUT2D eigenvalue weighted by Crippen LogP contribution is -2.72. The van der Waals surface area contributed by atoms with E-state index >= 15 is 0 Å². The van der Waals surface area contributed by atoms with Crippen molar-refractivity contribution in [3.05, 3.63) is 58.0 Å². The SMILES string of the molecule is C[n+]1cccc(C(=C2CCNC2=O)C2=C(C(=O)[O-])N3C(=O)[C@@H](NC(=O)C(=NO)c4csc(N)n4)[C@H]3CC2)c1. The van der Waals surface area contributed by atoms with Crippen LogP contribution in [0.3, 0.4) is 0 Å². The van der Waals surface area contributed by atoms with Gasteiger partial charge in [0, 0.05) is 34.7 Å². The zero-order chi connectivity index (χ0) is 27.1. The predicted molar refractivity (Wildman–Crippen MR) is 131 cm³/mol. The van der Waals surface area contributed by atoms with Gasteiger partial charge in [-0.25, -0.2) is 9.55 Å². The van der Waals surface area contributed by atoms with Crippen LogP contribution in [0, 0.1) is 0 Å². The van der Waals surface area contributed by atoms with E-state index in [-0.39, 0.29) is 28.9 Å². The van der Waals surface area contributed by atoms with Crippen LogP contribution in [0.2, 0.25) is 0 Å². The highest BCUT2D eigenvalue weighted by Crippen LogP contribution is 2.43. The molecule has 5 rings (SSSR count). The maximum Gasteiger partial charge on any atom is 0.276 e.